The first-order valence-corrected chi connectivity index (χ1v) is 7.39. The van der Waals surface area contributed by atoms with Gasteiger partial charge in [0.1, 0.15) is 0 Å². The Morgan fingerprint density at radius 3 is 2.53 bits per heavy atom. The van der Waals surface area contributed by atoms with Gasteiger partial charge in [0.25, 0.3) is 0 Å². The Hall–Kier alpha value is -0.330. The van der Waals surface area contributed by atoms with Crippen LogP contribution < -0.4 is 10.5 Å². The second-order valence-corrected chi connectivity index (χ2v) is 6.33. The van der Waals surface area contributed by atoms with Crippen molar-refractivity contribution < 1.29 is 8.42 Å². The van der Waals surface area contributed by atoms with E-state index in [-0.39, 0.29) is 18.3 Å². The molecule has 0 aliphatic carbocycles. The maximum atomic E-state index is 11.7. The van der Waals surface area contributed by atoms with E-state index in [4.69, 9.17) is 28.9 Å². The highest BCUT2D eigenvalue weighted by Gasteiger charge is 2.14. The first kappa shape index (κ1) is 14.7. The maximum absolute atomic E-state index is 11.7. The third-order valence-electron chi connectivity index (χ3n) is 2.07. The molecule has 0 aromatic heterocycles. The fraction of sp³-hybridized carbons (Fsp3) is 0.400. The van der Waals surface area contributed by atoms with E-state index in [1.165, 1.54) is 6.07 Å². The molecule has 0 unspecified atom stereocenters. The number of benzene rings is 1. The zero-order valence-corrected chi connectivity index (χ0v) is 11.6. The fourth-order valence-electron chi connectivity index (χ4n) is 1.25. The van der Waals surface area contributed by atoms with Crippen molar-refractivity contribution in [1.29, 1.82) is 0 Å². The van der Waals surface area contributed by atoms with E-state index in [1.54, 1.807) is 19.1 Å². The van der Waals surface area contributed by atoms with Gasteiger partial charge in [0.15, 0.2) is 0 Å². The van der Waals surface area contributed by atoms with Crippen LogP contribution in [0.3, 0.4) is 0 Å². The Labute approximate surface area is 111 Å². The minimum Gasteiger partial charge on any atom is -0.329 e. The third kappa shape index (κ3) is 4.81. The topological polar surface area (TPSA) is 72.2 Å². The van der Waals surface area contributed by atoms with Crippen LogP contribution in [0.15, 0.2) is 18.2 Å². The summed E-state index contributed by atoms with van der Waals surface area (Å²) in [5.74, 6) is -0.145. The summed E-state index contributed by atoms with van der Waals surface area (Å²) in [5, 5.41) is 0.738. The van der Waals surface area contributed by atoms with Crippen molar-refractivity contribution in [2.24, 2.45) is 5.73 Å². The van der Waals surface area contributed by atoms with Gasteiger partial charge in [0, 0.05) is 12.6 Å². The molecule has 0 radical (unpaired) electrons. The molecule has 0 saturated carbocycles. The van der Waals surface area contributed by atoms with Crippen LogP contribution >= 0.6 is 23.2 Å². The summed E-state index contributed by atoms with van der Waals surface area (Å²) < 4.78 is 25.9. The van der Waals surface area contributed by atoms with Gasteiger partial charge in [-0.1, -0.05) is 29.3 Å². The molecule has 0 saturated heterocycles. The number of hydrogen-bond acceptors (Lipinski definition) is 3. The largest absolute Gasteiger partial charge is 0.329 e. The van der Waals surface area contributed by atoms with Crippen LogP contribution in [0.1, 0.15) is 12.5 Å². The lowest BCUT2D eigenvalue weighted by Crippen LogP contribution is -2.38. The second kappa shape index (κ2) is 6.02. The average molecular weight is 297 g/mol. The van der Waals surface area contributed by atoms with Crippen molar-refractivity contribution in [2.45, 2.75) is 18.7 Å². The number of nitrogens with two attached hydrogens (primary N) is 1. The highest BCUT2D eigenvalue weighted by molar-refractivity contribution is 7.88. The number of hydrogen-bond donors (Lipinski definition) is 2. The molecule has 1 atom stereocenters. The quantitative estimate of drug-likeness (QED) is 0.870. The van der Waals surface area contributed by atoms with Crippen molar-refractivity contribution in [3.63, 3.8) is 0 Å². The molecular formula is C10H14Cl2N2O2S. The van der Waals surface area contributed by atoms with Crippen LogP contribution in [0.4, 0.5) is 0 Å². The monoisotopic (exact) mass is 296 g/mol. The Balaban J connectivity index is 2.80. The molecule has 1 aromatic rings. The van der Waals surface area contributed by atoms with Gasteiger partial charge >= 0.3 is 0 Å². The van der Waals surface area contributed by atoms with E-state index in [0.29, 0.717) is 15.6 Å². The van der Waals surface area contributed by atoms with Gasteiger partial charge in [-0.15, -0.1) is 0 Å². The lowest BCUT2D eigenvalue weighted by Gasteiger charge is -2.12. The van der Waals surface area contributed by atoms with Crippen molar-refractivity contribution >= 4 is 33.2 Å². The molecule has 0 amide bonds. The van der Waals surface area contributed by atoms with Crippen molar-refractivity contribution in [3.8, 4) is 0 Å². The lowest BCUT2D eigenvalue weighted by molar-refractivity contribution is 0.562. The van der Waals surface area contributed by atoms with E-state index < -0.39 is 10.0 Å². The summed E-state index contributed by atoms with van der Waals surface area (Å²) in [6.45, 7) is 1.95. The summed E-state index contributed by atoms with van der Waals surface area (Å²) in [7, 11) is -3.41. The predicted octanol–water partition coefficient (Wildman–Crippen LogP) is 1.76. The van der Waals surface area contributed by atoms with Gasteiger partial charge in [0.2, 0.25) is 10.0 Å². The maximum Gasteiger partial charge on any atom is 0.216 e. The molecule has 0 fully saturated rings. The van der Waals surface area contributed by atoms with Crippen LogP contribution in [0.25, 0.3) is 0 Å². The molecule has 3 N–H and O–H groups in total. The summed E-state index contributed by atoms with van der Waals surface area (Å²) in [4.78, 5) is 0. The van der Waals surface area contributed by atoms with Crippen molar-refractivity contribution in [1.82, 2.24) is 4.72 Å². The first-order valence-electron chi connectivity index (χ1n) is 4.98. The normalized spacial score (nSPS) is 13.6. The van der Waals surface area contributed by atoms with Crippen LogP contribution in [0.2, 0.25) is 10.0 Å². The molecule has 4 nitrogen and oxygen atoms in total. The molecule has 0 aliphatic heterocycles. The summed E-state index contributed by atoms with van der Waals surface area (Å²) in [5.41, 5.74) is 5.93. The Morgan fingerprint density at radius 2 is 2.00 bits per heavy atom. The van der Waals surface area contributed by atoms with Crippen LogP contribution in [-0.4, -0.2) is 21.0 Å². The van der Waals surface area contributed by atoms with Crippen molar-refractivity contribution in [2.75, 3.05) is 6.54 Å². The predicted molar refractivity (Wildman–Crippen MR) is 70.7 cm³/mol. The van der Waals surface area contributed by atoms with E-state index >= 15 is 0 Å². The molecule has 0 spiro atoms. The standard InChI is InChI=1S/C10H14Cl2N2O2S/c1-7(5-13)14-17(15,16)6-8-2-3-9(11)10(12)4-8/h2-4,7,14H,5-6,13H2,1H3/t7-/m0/s1. The molecule has 1 rings (SSSR count). The lowest BCUT2D eigenvalue weighted by atomic mass is 10.2. The molecule has 0 aliphatic rings. The third-order valence-corrected chi connectivity index (χ3v) is 4.29. The van der Waals surface area contributed by atoms with Gasteiger partial charge in [-0.05, 0) is 24.6 Å². The molecule has 1 aromatic carbocycles. The first-order chi connectivity index (χ1) is 7.84. The van der Waals surface area contributed by atoms with E-state index in [1.807, 2.05) is 0 Å². The fourth-order valence-corrected chi connectivity index (χ4v) is 2.98. The molecule has 7 heteroatoms. The summed E-state index contributed by atoms with van der Waals surface area (Å²) in [6.07, 6.45) is 0. The van der Waals surface area contributed by atoms with Gasteiger partial charge < -0.3 is 5.73 Å². The number of rotatable bonds is 5. The van der Waals surface area contributed by atoms with Crippen molar-refractivity contribution in [3.05, 3.63) is 33.8 Å². The van der Waals surface area contributed by atoms with Crippen LogP contribution in [-0.2, 0) is 15.8 Å². The van der Waals surface area contributed by atoms with Gasteiger partial charge in [-0.2, -0.15) is 0 Å². The molecule has 0 heterocycles. The smallest absolute Gasteiger partial charge is 0.216 e. The number of halogens is 2. The molecular weight excluding hydrogens is 283 g/mol. The van der Waals surface area contributed by atoms with Crippen LogP contribution in [0, 0.1) is 0 Å². The van der Waals surface area contributed by atoms with E-state index in [9.17, 15) is 8.42 Å². The summed E-state index contributed by atoms with van der Waals surface area (Å²) >= 11 is 11.6. The van der Waals surface area contributed by atoms with Crippen LogP contribution in [0.5, 0.6) is 0 Å². The zero-order valence-electron chi connectivity index (χ0n) is 9.28. The summed E-state index contributed by atoms with van der Waals surface area (Å²) in [6, 6.07) is 4.44. The Kier molecular flexibility index (Phi) is 5.22. The highest BCUT2D eigenvalue weighted by Crippen LogP contribution is 2.23. The number of nitrogens with one attached hydrogen (secondary N) is 1. The van der Waals surface area contributed by atoms with Gasteiger partial charge in [0.05, 0.1) is 15.8 Å². The van der Waals surface area contributed by atoms with Gasteiger partial charge in [-0.3, -0.25) is 0 Å². The molecule has 17 heavy (non-hydrogen) atoms. The average Bonchev–Trinajstić information content (AvgIpc) is 2.22. The Morgan fingerprint density at radius 1 is 1.35 bits per heavy atom. The minimum atomic E-state index is -3.41. The minimum absolute atomic E-state index is 0.145. The second-order valence-electron chi connectivity index (χ2n) is 3.76. The Bertz CT molecular complexity index is 491. The van der Waals surface area contributed by atoms with Gasteiger partial charge in [-0.25, -0.2) is 13.1 Å². The van der Waals surface area contributed by atoms with E-state index in [2.05, 4.69) is 4.72 Å². The highest BCUT2D eigenvalue weighted by atomic mass is 35.5. The number of sulfonamides is 1. The SMILES string of the molecule is C[C@@H](CN)NS(=O)(=O)Cc1ccc(Cl)c(Cl)c1. The zero-order chi connectivity index (χ0) is 13.1. The molecule has 0 bridgehead atoms. The van der Waals surface area contributed by atoms with E-state index in [0.717, 1.165) is 0 Å². The molecule has 96 valence electrons.